The molecule has 0 saturated carbocycles. The predicted molar refractivity (Wildman–Crippen MR) is 82.8 cm³/mol. The second-order valence-electron chi connectivity index (χ2n) is 5.08. The molecule has 0 bridgehead atoms. The number of benzene rings is 1. The van der Waals surface area contributed by atoms with Crippen LogP contribution in [0, 0.1) is 0 Å². The predicted octanol–water partition coefficient (Wildman–Crippen LogP) is 1.11. The Morgan fingerprint density at radius 1 is 1.32 bits per heavy atom. The van der Waals surface area contributed by atoms with E-state index in [0.29, 0.717) is 18.8 Å². The highest BCUT2D eigenvalue weighted by atomic mass is 16.5. The topological polar surface area (TPSA) is 67.4 Å². The van der Waals surface area contributed by atoms with Gasteiger partial charge >= 0.3 is 0 Å². The largest absolute Gasteiger partial charge is 0.373 e. The highest BCUT2D eigenvalue weighted by Gasteiger charge is 2.21. The summed E-state index contributed by atoms with van der Waals surface area (Å²) in [4.78, 5) is 22.1. The van der Waals surface area contributed by atoms with Gasteiger partial charge in [0.15, 0.2) is 0 Å². The number of anilines is 1. The Morgan fingerprint density at radius 2 is 2.18 bits per heavy atom. The number of aromatic nitrogens is 2. The van der Waals surface area contributed by atoms with Crippen LogP contribution < -0.4 is 10.2 Å². The summed E-state index contributed by atoms with van der Waals surface area (Å²) in [6.45, 7) is 2.72. The first-order valence-electron chi connectivity index (χ1n) is 7.29. The molecule has 1 aliphatic heterocycles. The fourth-order valence-corrected chi connectivity index (χ4v) is 2.43. The number of amides is 1. The summed E-state index contributed by atoms with van der Waals surface area (Å²) in [7, 11) is 0. The molecule has 0 radical (unpaired) electrons. The minimum atomic E-state index is -0.228. The van der Waals surface area contributed by atoms with Gasteiger partial charge in [0.1, 0.15) is 5.69 Å². The van der Waals surface area contributed by atoms with Gasteiger partial charge in [-0.2, -0.15) is 0 Å². The van der Waals surface area contributed by atoms with E-state index in [1.54, 1.807) is 6.20 Å². The normalized spacial score (nSPS) is 18.0. The lowest BCUT2D eigenvalue weighted by molar-refractivity contribution is 0.0396. The van der Waals surface area contributed by atoms with Crippen molar-refractivity contribution in [2.24, 2.45) is 0 Å². The van der Waals surface area contributed by atoms with Gasteiger partial charge < -0.3 is 15.0 Å². The van der Waals surface area contributed by atoms with E-state index in [1.807, 2.05) is 18.2 Å². The maximum Gasteiger partial charge on any atom is 0.271 e. The Balaban J connectivity index is 1.54. The van der Waals surface area contributed by atoms with E-state index in [-0.39, 0.29) is 12.0 Å². The first-order valence-corrected chi connectivity index (χ1v) is 7.29. The molecule has 1 unspecified atom stereocenters. The van der Waals surface area contributed by atoms with Crippen LogP contribution in [0.3, 0.4) is 0 Å². The average molecular weight is 298 g/mol. The highest BCUT2D eigenvalue weighted by molar-refractivity contribution is 5.91. The van der Waals surface area contributed by atoms with Crippen molar-refractivity contribution in [2.45, 2.75) is 6.10 Å². The summed E-state index contributed by atoms with van der Waals surface area (Å²) < 4.78 is 5.72. The third-order valence-electron chi connectivity index (χ3n) is 3.55. The molecular weight excluding hydrogens is 280 g/mol. The molecule has 1 fully saturated rings. The van der Waals surface area contributed by atoms with Crippen molar-refractivity contribution < 1.29 is 9.53 Å². The van der Waals surface area contributed by atoms with Crippen LogP contribution in [0.2, 0.25) is 0 Å². The molecule has 1 aromatic carbocycles. The Morgan fingerprint density at radius 3 is 2.95 bits per heavy atom. The van der Waals surface area contributed by atoms with Crippen LogP contribution in [0.4, 0.5) is 5.69 Å². The molecule has 6 nitrogen and oxygen atoms in total. The van der Waals surface area contributed by atoms with Gasteiger partial charge in [0.05, 0.1) is 18.9 Å². The lowest BCUT2D eigenvalue weighted by Crippen LogP contribution is -2.47. The summed E-state index contributed by atoms with van der Waals surface area (Å²) in [5.74, 6) is -0.228. The lowest BCUT2D eigenvalue weighted by atomic mass is 10.2. The first kappa shape index (κ1) is 14.5. The fraction of sp³-hybridized carbons (Fsp3) is 0.312. The number of morpholine rings is 1. The van der Waals surface area contributed by atoms with Gasteiger partial charge in [-0.25, -0.2) is 4.98 Å². The van der Waals surface area contributed by atoms with Crippen molar-refractivity contribution in [3.63, 3.8) is 0 Å². The number of nitrogens with zero attached hydrogens (tertiary/aromatic N) is 3. The van der Waals surface area contributed by atoms with Crippen LogP contribution in [0.1, 0.15) is 10.5 Å². The molecular formula is C16H18N4O2. The SMILES string of the molecule is O=C(NCC1CN(c2ccccc2)CCO1)c1cnccn1. The number of rotatable bonds is 4. The fourth-order valence-electron chi connectivity index (χ4n) is 2.43. The second kappa shape index (κ2) is 7.00. The third-order valence-corrected chi connectivity index (χ3v) is 3.55. The van der Waals surface area contributed by atoms with E-state index in [4.69, 9.17) is 4.74 Å². The minimum absolute atomic E-state index is 0.0328. The number of ether oxygens (including phenoxy) is 1. The van der Waals surface area contributed by atoms with E-state index in [1.165, 1.54) is 18.1 Å². The van der Waals surface area contributed by atoms with E-state index < -0.39 is 0 Å². The monoisotopic (exact) mass is 298 g/mol. The summed E-state index contributed by atoms with van der Waals surface area (Å²) >= 11 is 0. The van der Waals surface area contributed by atoms with Crippen LogP contribution >= 0.6 is 0 Å². The molecule has 1 aromatic heterocycles. The van der Waals surface area contributed by atoms with Crippen LogP contribution in [0.5, 0.6) is 0 Å². The zero-order chi connectivity index (χ0) is 15.2. The van der Waals surface area contributed by atoms with Gasteiger partial charge in [-0.15, -0.1) is 0 Å². The zero-order valence-electron chi connectivity index (χ0n) is 12.2. The summed E-state index contributed by atoms with van der Waals surface area (Å²) in [6, 6.07) is 10.2. The summed E-state index contributed by atoms with van der Waals surface area (Å²) in [5.41, 5.74) is 1.49. The standard InChI is InChI=1S/C16H18N4O2/c21-16(15-11-17-6-7-18-15)19-10-14-12-20(8-9-22-14)13-4-2-1-3-5-13/h1-7,11,14H,8-10,12H2,(H,19,21). The molecule has 3 rings (SSSR count). The Hall–Kier alpha value is -2.47. The number of carbonyl (C=O) groups excluding carboxylic acids is 1. The molecule has 2 aromatic rings. The Kier molecular flexibility index (Phi) is 4.60. The maximum atomic E-state index is 12.0. The number of hydrogen-bond acceptors (Lipinski definition) is 5. The van der Waals surface area contributed by atoms with Gasteiger partial charge in [-0.1, -0.05) is 18.2 Å². The molecule has 1 aliphatic rings. The smallest absolute Gasteiger partial charge is 0.271 e. The Labute approximate surface area is 129 Å². The number of para-hydroxylation sites is 1. The molecule has 0 aliphatic carbocycles. The van der Waals surface area contributed by atoms with E-state index in [0.717, 1.165) is 13.1 Å². The van der Waals surface area contributed by atoms with Crippen molar-refractivity contribution >= 4 is 11.6 Å². The van der Waals surface area contributed by atoms with Crippen LogP contribution in [0.15, 0.2) is 48.9 Å². The third kappa shape index (κ3) is 3.59. The second-order valence-corrected chi connectivity index (χ2v) is 5.08. The van der Waals surface area contributed by atoms with E-state index >= 15 is 0 Å². The lowest BCUT2D eigenvalue weighted by Gasteiger charge is -2.34. The van der Waals surface area contributed by atoms with Crippen molar-refractivity contribution in [1.82, 2.24) is 15.3 Å². The van der Waals surface area contributed by atoms with Crippen LogP contribution in [-0.2, 0) is 4.74 Å². The molecule has 1 saturated heterocycles. The van der Waals surface area contributed by atoms with Crippen LogP contribution in [0.25, 0.3) is 0 Å². The molecule has 114 valence electrons. The molecule has 1 amide bonds. The highest BCUT2D eigenvalue weighted by Crippen LogP contribution is 2.16. The molecule has 2 heterocycles. The van der Waals surface area contributed by atoms with Crippen LogP contribution in [-0.4, -0.2) is 48.2 Å². The van der Waals surface area contributed by atoms with Gasteiger partial charge in [-0.3, -0.25) is 9.78 Å². The number of hydrogen-bond donors (Lipinski definition) is 1. The maximum absolute atomic E-state index is 12.0. The van der Waals surface area contributed by atoms with E-state index in [9.17, 15) is 4.79 Å². The average Bonchev–Trinajstić information content (AvgIpc) is 2.61. The summed E-state index contributed by atoms with van der Waals surface area (Å²) in [6.07, 6.45) is 4.46. The van der Waals surface area contributed by atoms with E-state index in [2.05, 4.69) is 32.3 Å². The molecule has 1 atom stereocenters. The Bertz CT molecular complexity index is 606. The van der Waals surface area contributed by atoms with Gasteiger partial charge in [-0.05, 0) is 12.1 Å². The van der Waals surface area contributed by atoms with Gasteiger partial charge in [0, 0.05) is 37.7 Å². The van der Waals surface area contributed by atoms with Crippen molar-refractivity contribution in [3.05, 3.63) is 54.6 Å². The van der Waals surface area contributed by atoms with Gasteiger partial charge in [0.2, 0.25) is 0 Å². The van der Waals surface area contributed by atoms with Crippen molar-refractivity contribution in [2.75, 3.05) is 31.1 Å². The molecule has 0 spiro atoms. The quantitative estimate of drug-likeness (QED) is 0.916. The number of nitrogens with one attached hydrogen (secondary N) is 1. The minimum Gasteiger partial charge on any atom is -0.373 e. The summed E-state index contributed by atoms with van der Waals surface area (Å²) in [5, 5.41) is 2.85. The van der Waals surface area contributed by atoms with Crippen molar-refractivity contribution in [3.8, 4) is 0 Å². The van der Waals surface area contributed by atoms with Gasteiger partial charge in [0.25, 0.3) is 5.91 Å². The first-order chi connectivity index (χ1) is 10.8. The van der Waals surface area contributed by atoms with Crippen molar-refractivity contribution in [1.29, 1.82) is 0 Å². The molecule has 6 heteroatoms. The zero-order valence-corrected chi connectivity index (χ0v) is 12.2. The molecule has 1 N–H and O–H groups in total. The number of carbonyl (C=O) groups is 1. The molecule has 22 heavy (non-hydrogen) atoms.